The molecule has 3 rings (SSSR count). The normalized spacial score (nSPS) is 21.1. The van der Waals surface area contributed by atoms with Gasteiger partial charge in [0.25, 0.3) is 5.91 Å². The summed E-state index contributed by atoms with van der Waals surface area (Å²) < 4.78 is 0. The van der Waals surface area contributed by atoms with Gasteiger partial charge < -0.3 is 14.9 Å². The van der Waals surface area contributed by atoms with E-state index in [2.05, 4.69) is 0 Å². The molecule has 0 spiro atoms. The number of carbonyl (C=O) groups excluding carboxylic acids is 2. The lowest BCUT2D eigenvalue weighted by atomic mass is 9.97. The lowest BCUT2D eigenvalue weighted by molar-refractivity contribution is -0.143. The van der Waals surface area contributed by atoms with Gasteiger partial charge in [-0.1, -0.05) is 0 Å². The molecule has 6 heteroatoms. The minimum Gasteiger partial charge on any atom is -0.480 e. The van der Waals surface area contributed by atoms with E-state index in [1.54, 1.807) is 30.1 Å². The molecule has 0 aliphatic carbocycles. The number of aliphatic carboxylic acids is 1. The number of carbonyl (C=O) groups is 3. The fraction of sp³-hybridized carbons (Fsp3) is 0.471. The van der Waals surface area contributed by atoms with Crippen molar-refractivity contribution in [3.8, 4) is 0 Å². The summed E-state index contributed by atoms with van der Waals surface area (Å²) in [5.41, 5.74) is 2.28. The second-order valence-electron chi connectivity index (χ2n) is 6.14. The van der Waals surface area contributed by atoms with Crippen LogP contribution < -0.4 is 4.90 Å². The van der Waals surface area contributed by atoms with Crippen molar-refractivity contribution in [3.05, 3.63) is 29.3 Å². The fourth-order valence-corrected chi connectivity index (χ4v) is 3.39. The molecule has 6 nitrogen and oxygen atoms in total. The van der Waals surface area contributed by atoms with E-state index in [0.717, 1.165) is 24.1 Å². The van der Waals surface area contributed by atoms with E-state index in [0.29, 0.717) is 31.4 Å². The molecule has 0 unspecified atom stereocenters. The van der Waals surface area contributed by atoms with Crippen LogP contribution in [-0.2, 0) is 16.0 Å². The van der Waals surface area contributed by atoms with Gasteiger partial charge in [0.05, 0.1) is 0 Å². The zero-order chi connectivity index (χ0) is 16.6. The number of carboxylic acids is 1. The lowest BCUT2D eigenvalue weighted by Gasteiger charge is -2.33. The summed E-state index contributed by atoms with van der Waals surface area (Å²) in [6.45, 7) is 0.477. The van der Waals surface area contributed by atoms with Gasteiger partial charge in [0, 0.05) is 31.3 Å². The minimum atomic E-state index is -0.943. The number of carboxylic acid groups (broad SMARTS) is 1. The number of amides is 2. The van der Waals surface area contributed by atoms with Gasteiger partial charge in [-0.3, -0.25) is 9.59 Å². The van der Waals surface area contributed by atoms with Crippen LogP contribution in [-0.4, -0.2) is 47.4 Å². The Hall–Kier alpha value is -2.37. The van der Waals surface area contributed by atoms with Gasteiger partial charge >= 0.3 is 5.97 Å². The molecule has 122 valence electrons. The fourth-order valence-electron chi connectivity index (χ4n) is 3.39. The molecule has 1 saturated heterocycles. The van der Waals surface area contributed by atoms with Crippen molar-refractivity contribution in [3.63, 3.8) is 0 Å². The Labute approximate surface area is 134 Å². The van der Waals surface area contributed by atoms with Crippen LogP contribution in [0.1, 0.15) is 41.6 Å². The largest absolute Gasteiger partial charge is 0.480 e. The first-order chi connectivity index (χ1) is 11.0. The number of nitrogens with zero attached hydrogens (tertiary/aromatic N) is 2. The predicted molar refractivity (Wildman–Crippen MR) is 84.5 cm³/mol. The number of hydrogen-bond donors (Lipinski definition) is 1. The third-order valence-corrected chi connectivity index (χ3v) is 4.72. The van der Waals surface area contributed by atoms with E-state index in [9.17, 15) is 19.5 Å². The molecule has 2 aliphatic rings. The Morgan fingerprint density at radius 3 is 2.74 bits per heavy atom. The Bertz CT molecular complexity index is 671. The Morgan fingerprint density at radius 1 is 1.22 bits per heavy atom. The zero-order valence-corrected chi connectivity index (χ0v) is 13.1. The Balaban J connectivity index is 1.88. The van der Waals surface area contributed by atoms with E-state index in [-0.39, 0.29) is 11.8 Å². The molecule has 2 aliphatic heterocycles. The summed E-state index contributed by atoms with van der Waals surface area (Å²) in [4.78, 5) is 38.9. The number of rotatable bonds is 2. The Morgan fingerprint density at radius 2 is 2.00 bits per heavy atom. The number of anilines is 1. The van der Waals surface area contributed by atoms with E-state index in [1.165, 1.54) is 4.90 Å². The van der Waals surface area contributed by atoms with E-state index in [1.807, 2.05) is 0 Å². The molecule has 2 amide bonds. The SMILES string of the molecule is CN1C(=O)CCc2cc(C(=O)N3CCCC[C@@H]3C(=O)O)ccc21. The van der Waals surface area contributed by atoms with Gasteiger partial charge in [-0.25, -0.2) is 4.79 Å². The molecule has 23 heavy (non-hydrogen) atoms. The summed E-state index contributed by atoms with van der Waals surface area (Å²) in [5, 5.41) is 9.32. The molecular formula is C17H20N2O4. The zero-order valence-electron chi connectivity index (χ0n) is 13.1. The van der Waals surface area contributed by atoms with Gasteiger partial charge in [0.2, 0.25) is 5.91 Å². The second kappa shape index (κ2) is 6.02. The second-order valence-corrected chi connectivity index (χ2v) is 6.14. The average Bonchev–Trinajstić information content (AvgIpc) is 2.57. The van der Waals surface area contributed by atoms with E-state index in [4.69, 9.17) is 0 Å². The summed E-state index contributed by atoms with van der Waals surface area (Å²) in [6.07, 6.45) is 3.21. The quantitative estimate of drug-likeness (QED) is 0.900. The average molecular weight is 316 g/mol. The first kappa shape index (κ1) is 15.5. The molecule has 1 atom stereocenters. The highest BCUT2D eigenvalue weighted by Gasteiger charge is 2.33. The van der Waals surface area contributed by atoms with Crippen LogP contribution in [0.15, 0.2) is 18.2 Å². The van der Waals surface area contributed by atoms with Crippen LogP contribution in [0.25, 0.3) is 0 Å². The molecule has 1 aromatic carbocycles. The van der Waals surface area contributed by atoms with Gasteiger partial charge in [0.1, 0.15) is 6.04 Å². The maximum absolute atomic E-state index is 12.7. The van der Waals surface area contributed by atoms with Crippen LogP contribution in [0.2, 0.25) is 0 Å². The molecule has 2 heterocycles. The number of likely N-dealkylation sites (tertiary alicyclic amines) is 1. The summed E-state index contributed by atoms with van der Waals surface area (Å²) >= 11 is 0. The molecule has 0 aromatic heterocycles. The number of piperidine rings is 1. The van der Waals surface area contributed by atoms with Gasteiger partial charge in [-0.2, -0.15) is 0 Å². The van der Waals surface area contributed by atoms with Crippen LogP contribution in [0.3, 0.4) is 0 Å². The van der Waals surface area contributed by atoms with Crippen LogP contribution in [0.4, 0.5) is 5.69 Å². The number of fused-ring (bicyclic) bond motifs is 1. The van der Waals surface area contributed by atoms with Crippen LogP contribution in [0.5, 0.6) is 0 Å². The highest BCUT2D eigenvalue weighted by molar-refractivity contribution is 6.00. The van der Waals surface area contributed by atoms with Crippen LogP contribution in [0, 0.1) is 0 Å². The summed E-state index contributed by atoms with van der Waals surface area (Å²) in [7, 11) is 1.73. The standard InChI is InChI=1S/C17H20N2O4/c1-18-13-7-5-12(10-11(13)6-8-15(18)20)16(21)19-9-3-2-4-14(19)17(22)23/h5,7,10,14H,2-4,6,8-9H2,1H3,(H,22,23)/t14-/m1/s1. The van der Waals surface area contributed by atoms with Crippen molar-refractivity contribution in [1.29, 1.82) is 0 Å². The van der Waals surface area contributed by atoms with Gasteiger partial charge in [-0.15, -0.1) is 0 Å². The van der Waals surface area contributed by atoms with E-state index >= 15 is 0 Å². The maximum Gasteiger partial charge on any atom is 0.326 e. The van der Waals surface area contributed by atoms with Crippen molar-refractivity contribution in [2.75, 3.05) is 18.5 Å². The topological polar surface area (TPSA) is 77.9 Å². The van der Waals surface area contributed by atoms with Crippen LogP contribution >= 0.6 is 0 Å². The van der Waals surface area contributed by atoms with E-state index < -0.39 is 12.0 Å². The molecule has 0 saturated carbocycles. The lowest BCUT2D eigenvalue weighted by Crippen LogP contribution is -2.48. The molecule has 1 fully saturated rings. The summed E-state index contributed by atoms with van der Waals surface area (Å²) in [5.74, 6) is -1.11. The highest BCUT2D eigenvalue weighted by Crippen LogP contribution is 2.29. The van der Waals surface area contributed by atoms with Crippen molar-refractivity contribution in [2.24, 2.45) is 0 Å². The van der Waals surface area contributed by atoms with Crippen molar-refractivity contribution in [1.82, 2.24) is 4.90 Å². The van der Waals surface area contributed by atoms with Crippen molar-refractivity contribution >= 4 is 23.5 Å². The molecule has 0 bridgehead atoms. The predicted octanol–water partition coefficient (Wildman–Crippen LogP) is 1.67. The first-order valence-electron chi connectivity index (χ1n) is 7.92. The minimum absolute atomic E-state index is 0.0681. The number of aryl methyl sites for hydroxylation is 1. The molecular weight excluding hydrogens is 296 g/mol. The molecule has 1 aromatic rings. The Kier molecular flexibility index (Phi) is 4.07. The molecule has 0 radical (unpaired) electrons. The number of benzene rings is 1. The number of hydrogen-bond acceptors (Lipinski definition) is 3. The van der Waals surface area contributed by atoms with Gasteiger partial charge in [0.15, 0.2) is 0 Å². The third-order valence-electron chi connectivity index (χ3n) is 4.72. The third kappa shape index (κ3) is 2.81. The maximum atomic E-state index is 12.7. The molecule has 1 N–H and O–H groups in total. The monoisotopic (exact) mass is 316 g/mol. The van der Waals surface area contributed by atoms with Crippen molar-refractivity contribution in [2.45, 2.75) is 38.1 Å². The smallest absolute Gasteiger partial charge is 0.326 e. The first-order valence-corrected chi connectivity index (χ1v) is 7.92. The van der Waals surface area contributed by atoms with Gasteiger partial charge in [-0.05, 0) is 49.4 Å². The highest BCUT2D eigenvalue weighted by atomic mass is 16.4. The van der Waals surface area contributed by atoms with Crippen molar-refractivity contribution < 1.29 is 19.5 Å². The summed E-state index contributed by atoms with van der Waals surface area (Å²) in [6, 6.07) is 4.52.